The molecule has 0 atom stereocenters. The summed E-state index contributed by atoms with van der Waals surface area (Å²) in [5.74, 6) is 1.06. The number of rotatable bonds is 4. The summed E-state index contributed by atoms with van der Waals surface area (Å²) in [5.41, 5.74) is 8.48. The van der Waals surface area contributed by atoms with Crippen molar-refractivity contribution in [1.29, 1.82) is 0 Å². The van der Waals surface area contributed by atoms with Crippen LogP contribution in [-0.2, 0) is 0 Å². The fraction of sp³-hybridized carbons (Fsp3) is 0. The van der Waals surface area contributed by atoms with Crippen LogP contribution in [0.1, 0.15) is 0 Å². The molecule has 0 amide bonds. The van der Waals surface area contributed by atoms with Crippen LogP contribution < -0.4 is 16.4 Å². The number of nitrogens with zero attached hydrogens (tertiary/aromatic N) is 3. The molecule has 2 aromatic heterocycles. The van der Waals surface area contributed by atoms with Gasteiger partial charge in [-0.15, -0.1) is 0 Å². The highest BCUT2D eigenvalue weighted by molar-refractivity contribution is 9.10. The second-order valence-electron chi connectivity index (χ2n) is 5.23. The largest absolute Gasteiger partial charge is 0.393 e. The SMILES string of the molecule is Nc1c(Nc2cccc(Br)c2)ncnc1Nc1nc2ccccc2s1. The number of nitrogen functional groups attached to an aromatic ring is 1. The minimum Gasteiger partial charge on any atom is -0.393 e. The highest BCUT2D eigenvalue weighted by atomic mass is 79.9. The standard InChI is InChI=1S/C17H13BrN6S/c18-10-4-3-5-11(8-10)22-15-14(19)16(21-9-20-15)24-17-23-12-6-1-2-7-13(12)25-17/h1-9H,19H2,(H2,20,21,22,23,24). The number of aromatic nitrogens is 3. The molecule has 0 unspecified atom stereocenters. The van der Waals surface area contributed by atoms with E-state index in [0.29, 0.717) is 17.3 Å². The molecule has 124 valence electrons. The van der Waals surface area contributed by atoms with Crippen LogP contribution in [0.3, 0.4) is 0 Å². The number of nitrogens with one attached hydrogen (secondary N) is 2. The van der Waals surface area contributed by atoms with Gasteiger partial charge in [0.15, 0.2) is 16.8 Å². The molecule has 0 spiro atoms. The van der Waals surface area contributed by atoms with Crippen molar-refractivity contribution < 1.29 is 0 Å². The number of anilines is 5. The first-order chi connectivity index (χ1) is 12.2. The van der Waals surface area contributed by atoms with E-state index in [1.165, 1.54) is 6.33 Å². The van der Waals surface area contributed by atoms with Crippen LogP contribution in [0, 0.1) is 0 Å². The van der Waals surface area contributed by atoms with Gasteiger partial charge in [-0.05, 0) is 30.3 Å². The number of benzene rings is 2. The summed E-state index contributed by atoms with van der Waals surface area (Å²) >= 11 is 4.99. The van der Waals surface area contributed by atoms with Gasteiger partial charge in [0.05, 0.1) is 10.2 Å². The van der Waals surface area contributed by atoms with Gasteiger partial charge in [-0.2, -0.15) is 0 Å². The number of thiazole rings is 1. The van der Waals surface area contributed by atoms with Crippen molar-refractivity contribution in [2.24, 2.45) is 0 Å². The van der Waals surface area contributed by atoms with Crippen molar-refractivity contribution in [2.45, 2.75) is 0 Å². The van der Waals surface area contributed by atoms with E-state index in [2.05, 4.69) is 41.5 Å². The maximum absolute atomic E-state index is 6.23. The zero-order chi connectivity index (χ0) is 17.2. The molecule has 0 aliphatic heterocycles. The van der Waals surface area contributed by atoms with E-state index < -0.39 is 0 Å². The maximum Gasteiger partial charge on any atom is 0.189 e. The lowest BCUT2D eigenvalue weighted by Crippen LogP contribution is -2.05. The van der Waals surface area contributed by atoms with Gasteiger partial charge in [-0.1, -0.05) is 45.5 Å². The first-order valence-electron chi connectivity index (χ1n) is 7.45. The molecule has 4 N–H and O–H groups in total. The second kappa shape index (κ2) is 6.66. The molecule has 2 aromatic carbocycles. The van der Waals surface area contributed by atoms with Crippen LogP contribution in [-0.4, -0.2) is 15.0 Å². The smallest absolute Gasteiger partial charge is 0.189 e. The Hall–Kier alpha value is -2.71. The van der Waals surface area contributed by atoms with Gasteiger partial charge in [0.2, 0.25) is 0 Å². The van der Waals surface area contributed by atoms with Crippen molar-refractivity contribution in [3.8, 4) is 0 Å². The molecule has 25 heavy (non-hydrogen) atoms. The summed E-state index contributed by atoms with van der Waals surface area (Å²) in [6.07, 6.45) is 1.46. The lowest BCUT2D eigenvalue weighted by Gasteiger charge is -2.11. The molecule has 0 aliphatic carbocycles. The Morgan fingerprint density at radius 1 is 0.960 bits per heavy atom. The van der Waals surface area contributed by atoms with Crippen LogP contribution in [0.4, 0.5) is 28.1 Å². The molecule has 0 fully saturated rings. The quantitative estimate of drug-likeness (QED) is 0.440. The molecule has 0 saturated carbocycles. The summed E-state index contributed by atoms with van der Waals surface area (Å²) in [6, 6.07) is 15.7. The highest BCUT2D eigenvalue weighted by Gasteiger charge is 2.11. The highest BCUT2D eigenvalue weighted by Crippen LogP contribution is 2.32. The van der Waals surface area contributed by atoms with Crippen LogP contribution in [0.25, 0.3) is 10.2 Å². The van der Waals surface area contributed by atoms with E-state index >= 15 is 0 Å². The minimum absolute atomic E-state index is 0.432. The Morgan fingerprint density at radius 2 is 1.76 bits per heavy atom. The Morgan fingerprint density at radius 3 is 2.56 bits per heavy atom. The third kappa shape index (κ3) is 3.40. The molecular weight excluding hydrogens is 400 g/mol. The molecule has 2 heterocycles. The molecule has 8 heteroatoms. The fourth-order valence-corrected chi connectivity index (χ4v) is 3.59. The van der Waals surface area contributed by atoms with Crippen molar-refractivity contribution in [3.63, 3.8) is 0 Å². The molecule has 0 saturated heterocycles. The van der Waals surface area contributed by atoms with Crippen molar-refractivity contribution >= 4 is 65.6 Å². The number of hydrogen-bond donors (Lipinski definition) is 3. The van der Waals surface area contributed by atoms with E-state index in [4.69, 9.17) is 5.73 Å². The van der Waals surface area contributed by atoms with Gasteiger partial charge in [-0.25, -0.2) is 15.0 Å². The Balaban J connectivity index is 1.62. The van der Waals surface area contributed by atoms with Crippen LogP contribution >= 0.6 is 27.3 Å². The molecule has 0 aliphatic rings. The predicted molar refractivity (Wildman–Crippen MR) is 107 cm³/mol. The maximum atomic E-state index is 6.23. The van der Waals surface area contributed by atoms with E-state index in [1.54, 1.807) is 11.3 Å². The Kier molecular flexibility index (Phi) is 4.21. The first kappa shape index (κ1) is 15.8. The average Bonchev–Trinajstić information content (AvgIpc) is 3.01. The van der Waals surface area contributed by atoms with Crippen molar-refractivity contribution in [1.82, 2.24) is 15.0 Å². The number of para-hydroxylation sites is 1. The van der Waals surface area contributed by atoms with E-state index in [9.17, 15) is 0 Å². The van der Waals surface area contributed by atoms with Gasteiger partial charge < -0.3 is 16.4 Å². The average molecular weight is 413 g/mol. The van der Waals surface area contributed by atoms with Gasteiger partial charge in [-0.3, -0.25) is 0 Å². The monoisotopic (exact) mass is 412 g/mol. The van der Waals surface area contributed by atoms with Gasteiger partial charge >= 0.3 is 0 Å². The summed E-state index contributed by atoms with van der Waals surface area (Å²) in [7, 11) is 0. The molecule has 4 aromatic rings. The van der Waals surface area contributed by atoms with Gasteiger partial charge in [0.1, 0.15) is 12.0 Å². The summed E-state index contributed by atoms with van der Waals surface area (Å²) in [6.45, 7) is 0. The second-order valence-corrected chi connectivity index (χ2v) is 7.18. The number of hydrogen-bond acceptors (Lipinski definition) is 7. The number of fused-ring (bicyclic) bond motifs is 1. The lowest BCUT2D eigenvalue weighted by atomic mass is 10.3. The van der Waals surface area contributed by atoms with E-state index in [-0.39, 0.29) is 0 Å². The Bertz CT molecular complexity index is 1020. The number of halogens is 1. The van der Waals surface area contributed by atoms with Crippen molar-refractivity contribution in [3.05, 3.63) is 59.3 Å². The normalized spacial score (nSPS) is 10.8. The predicted octanol–water partition coefficient (Wildman–Crippen LogP) is 4.92. The van der Waals surface area contributed by atoms with E-state index in [0.717, 1.165) is 25.5 Å². The topological polar surface area (TPSA) is 88.8 Å². The molecular formula is C17H13BrN6S. The molecule has 6 nitrogen and oxygen atoms in total. The molecule has 4 rings (SSSR count). The molecule has 0 bridgehead atoms. The molecule has 0 radical (unpaired) electrons. The third-order valence-corrected chi connectivity index (χ3v) is 4.94. The van der Waals surface area contributed by atoms with Crippen LogP contribution in [0.15, 0.2) is 59.3 Å². The zero-order valence-electron chi connectivity index (χ0n) is 12.9. The Labute approximate surface area is 156 Å². The van der Waals surface area contributed by atoms with Crippen molar-refractivity contribution in [2.75, 3.05) is 16.4 Å². The summed E-state index contributed by atoms with van der Waals surface area (Å²) < 4.78 is 2.07. The lowest BCUT2D eigenvalue weighted by molar-refractivity contribution is 1.17. The first-order valence-corrected chi connectivity index (χ1v) is 9.05. The van der Waals surface area contributed by atoms with E-state index in [1.807, 2.05) is 48.5 Å². The van der Waals surface area contributed by atoms with Gasteiger partial charge in [0, 0.05) is 10.2 Å². The van der Waals surface area contributed by atoms with Gasteiger partial charge in [0.25, 0.3) is 0 Å². The fourth-order valence-electron chi connectivity index (χ4n) is 2.32. The number of nitrogens with two attached hydrogens (primary N) is 1. The van der Waals surface area contributed by atoms with Crippen LogP contribution in [0.5, 0.6) is 0 Å². The summed E-state index contributed by atoms with van der Waals surface area (Å²) in [4.78, 5) is 13.0. The van der Waals surface area contributed by atoms with Crippen LogP contribution in [0.2, 0.25) is 0 Å². The summed E-state index contributed by atoms with van der Waals surface area (Å²) in [5, 5.41) is 7.12. The minimum atomic E-state index is 0.432. The zero-order valence-corrected chi connectivity index (χ0v) is 15.3. The third-order valence-electron chi connectivity index (χ3n) is 3.49.